The van der Waals surface area contributed by atoms with Crippen LogP contribution >= 0.6 is 0 Å². The number of tetrazole rings is 1. The number of anilines is 1. The molecule has 1 aliphatic heterocycles. The van der Waals surface area contributed by atoms with E-state index in [1.807, 2.05) is 4.68 Å². The molecule has 0 radical (unpaired) electrons. The molecule has 2 aliphatic rings. The summed E-state index contributed by atoms with van der Waals surface area (Å²) in [6, 6.07) is 2.28. The van der Waals surface area contributed by atoms with Crippen LogP contribution in [0.15, 0.2) is 12.3 Å². The van der Waals surface area contributed by atoms with Crippen molar-refractivity contribution < 1.29 is 4.74 Å². The second kappa shape index (κ2) is 6.07. The molecule has 0 amide bonds. The lowest BCUT2D eigenvalue weighted by molar-refractivity contribution is 0.238. The van der Waals surface area contributed by atoms with E-state index >= 15 is 0 Å². The second-order valence-corrected chi connectivity index (χ2v) is 5.93. The quantitative estimate of drug-likeness (QED) is 0.769. The molecule has 3 heterocycles. The summed E-state index contributed by atoms with van der Waals surface area (Å²) in [5.74, 6) is 2.30. The first-order valence-corrected chi connectivity index (χ1v) is 7.94. The maximum absolute atomic E-state index is 5.17. The lowest BCUT2D eigenvalue weighted by Gasteiger charge is -2.34. The van der Waals surface area contributed by atoms with Gasteiger partial charge in [-0.25, -0.2) is 9.67 Å². The molecule has 2 aromatic heterocycles. The van der Waals surface area contributed by atoms with Crippen LogP contribution < -0.4 is 9.64 Å². The summed E-state index contributed by atoms with van der Waals surface area (Å²) in [6.07, 6.45) is 4.12. The Morgan fingerprint density at radius 2 is 2.04 bits per heavy atom. The average molecular weight is 316 g/mol. The third-order valence-electron chi connectivity index (χ3n) is 4.30. The van der Waals surface area contributed by atoms with Crippen LogP contribution in [0.3, 0.4) is 0 Å². The fourth-order valence-electron chi connectivity index (χ4n) is 2.82. The molecular weight excluding hydrogens is 296 g/mol. The summed E-state index contributed by atoms with van der Waals surface area (Å²) in [6.45, 7) is 4.46. The van der Waals surface area contributed by atoms with E-state index in [0.29, 0.717) is 11.9 Å². The van der Waals surface area contributed by atoms with Crippen molar-refractivity contribution in [2.24, 2.45) is 0 Å². The number of rotatable bonds is 5. The zero-order valence-corrected chi connectivity index (χ0v) is 13.2. The molecule has 4 rings (SSSR count). The Balaban J connectivity index is 1.36. The Bertz CT molecular complexity index is 662. The van der Waals surface area contributed by atoms with E-state index in [1.165, 1.54) is 12.8 Å². The molecule has 0 aromatic carbocycles. The summed E-state index contributed by atoms with van der Waals surface area (Å²) in [7, 11) is 1.62. The van der Waals surface area contributed by atoms with Crippen LogP contribution in [0.2, 0.25) is 0 Å². The van der Waals surface area contributed by atoms with Crippen molar-refractivity contribution in [3.05, 3.63) is 18.1 Å². The van der Waals surface area contributed by atoms with E-state index in [9.17, 15) is 0 Å². The maximum Gasteiger partial charge on any atom is 0.228 e. The predicted molar refractivity (Wildman–Crippen MR) is 82.2 cm³/mol. The van der Waals surface area contributed by atoms with Crippen LogP contribution in [0.25, 0.3) is 0 Å². The summed E-state index contributed by atoms with van der Waals surface area (Å²) < 4.78 is 7.15. The van der Waals surface area contributed by atoms with Crippen molar-refractivity contribution in [3.8, 4) is 5.88 Å². The normalized spacial score (nSPS) is 19.1. The number of hydrogen-bond acceptors (Lipinski definition) is 8. The van der Waals surface area contributed by atoms with Crippen molar-refractivity contribution in [1.29, 1.82) is 0 Å². The largest absolute Gasteiger partial charge is 0.481 e. The van der Waals surface area contributed by atoms with Crippen molar-refractivity contribution in [2.45, 2.75) is 25.4 Å². The molecule has 122 valence electrons. The average Bonchev–Trinajstić information content (AvgIpc) is 3.35. The number of ether oxygens (including phenoxy) is 1. The summed E-state index contributed by atoms with van der Waals surface area (Å²) in [5.41, 5.74) is 0. The highest BCUT2D eigenvalue weighted by molar-refractivity contribution is 5.32. The van der Waals surface area contributed by atoms with Gasteiger partial charge in [0.05, 0.1) is 19.7 Å². The topological polar surface area (TPSA) is 85.1 Å². The van der Waals surface area contributed by atoms with E-state index in [-0.39, 0.29) is 0 Å². The molecule has 1 saturated carbocycles. The van der Waals surface area contributed by atoms with Gasteiger partial charge in [-0.15, -0.1) is 5.10 Å². The van der Waals surface area contributed by atoms with Gasteiger partial charge in [0.1, 0.15) is 0 Å². The van der Waals surface area contributed by atoms with Crippen LogP contribution in [-0.2, 0) is 6.54 Å². The monoisotopic (exact) mass is 316 g/mol. The first-order valence-electron chi connectivity index (χ1n) is 7.94. The Morgan fingerprint density at radius 1 is 1.22 bits per heavy atom. The SMILES string of the molecule is COc1ccnc(N2CCN(Cc3nnnn3C3CC3)CC2)n1. The van der Waals surface area contributed by atoms with Gasteiger partial charge >= 0.3 is 0 Å². The van der Waals surface area contributed by atoms with Crippen LogP contribution in [0.1, 0.15) is 24.7 Å². The minimum Gasteiger partial charge on any atom is -0.481 e. The highest BCUT2D eigenvalue weighted by atomic mass is 16.5. The molecule has 0 unspecified atom stereocenters. The third kappa shape index (κ3) is 3.09. The Kier molecular flexibility index (Phi) is 3.78. The number of nitrogens with zero attached hydrogens (tertiary/aromatic N) is 8. The Labute approximate surface area is 134 Å². The number of aromatic nitrogens is 6. The molecule has 2 fully saturated rings. The van der Waals surface area contributed by atoms with Gasteiger partial charge in [0.25, 0.3) is 0 Å². The number of piperazine rings is 1. The smallest absolute Gasteiger partial charge is 0.228 e. The molecule has 9 nitrogen and oxygen atoms in total. The van der Waals surface area contributed by atoms with Gasteiger partial charge in [-0.2, -0.15) is 4.98 Å². The van der Waals surface area contributed by atoms with Crippen molar-refractivity contribution >= 4 is 5.95 Å². The minimum absolute atomic E-state index is 0.520. The lowest BCUT2D eigenvalue weighted by Crippen LogP contribution is -2.46. The summed E-state index contributed by atoms with van der Waals surface area (Å²) in [5, 5.41) is 12.1. The van der Waals surface area contributed by atoms with Crippen molar-refractivity contribution in [3.63, 3.8) is 0 Å². The van der Waals surface area contributed by atoms with E-state index in [2.05, 4.69) is 35.3 Å². The molecule has 9 heteroatoms. The standard InChI is InChI=1S/C14H20N8O/c1-23-13-4-5-15-14(16-13)21-8-6-20(7-9-21)10-12-17-18-19-22(12)11-2-3-11/h4-5,11H,2-3,6-10H2,1H3. The van der Waals surface area contributed by atoms with E-state index in [0.717, 1.165) is 44.5 Å². The van der Waals surface area contributed by atoms with Gasteiger partial charge in [-0.1, -0.05) is 0 Å². The fraction of sp³-hybridized carbons (Fsp3) is 0.643. The van der Waals surface area contributed by atoms with Crippen LogP contribution in [0.4, 0.5) is 5.95 Å². The van der Waals surface area contributed by atoms with Gasteiger partial charge in [-0.05, 0) is 23.3 Å². The molecule has 0 bridgehead atoms. The summed E-state index contributed by atoms with van der Waals surface area (Å²) >= 11 is 0. The lowest BCUT2D eigenvalue weighted by atomic mass is 10.3. The van der Waals surface area contributed by atoms with Gasteiger partial charge in [0, 0.05) is 38.4 Å². The van der Waals surface area contributed by atoms with Crippen LogP contribution in [0.5, 0.6) is 5.88 Å². The minimum atomic E-state index is 0.520. The molecule has 1 aliphatic carbocycles. The van der Waals surface area contributed by atoms with Crippen LogP contribution in [-0.4, -0.2) is 68.4 Å². The molecule has 0 atom stereocenters. The van der Waals surface area contributed by atoms with E-state index < -0.39 is 0 Å². The highest BCUT2D eigenvalue weighted by Gasteiger charge is 2.29. The highest BCUT2D eigenvalue weighted by Crippen LogP contribution is 2.34. The van der Waals surface area contributed by atoms with Crippen LogP contribution in [0, 0.1) is 0 Å². The molecule has 2 aromatic rings. The van der Waals surface area contributed by atoms with E-state index in [1.54, 1.807) is 19.4 Å². The van der Waals surface area contributed by atoms with Crippen molar-refractivity contribution in [1.82, 2.24) is 35.1 Å². The van der Waals surface area contributed by atoms with Gasteiger partial charge in [-0.3, -0.25) is 4.90 Å². The Morgan fingerprint density at radius 3 is 2.78 bits per heavy atom. The molecule has 23 heavy (non-hydrogen) atoms. The van der Waals surface area contributed by atoms with E-state index in [4.69, 9.17) is 4.74 Å². The number of hydrogen-bond donors (Lipinski definition) is 0. The zero-order chi connectivity index (χ0) is 15.6. The Hall–Kier alpha value is -2.29. The van der Waals surface area contributed by atoms with Gasteiger partial charge < -0.3 is 9.64 Å². The molecule has 0 spiro atoms. The van der Waals surface area contributed by atoms with Gasteiger partial charge in [0.2, 0.25) is 11.8 Å². The number of methoxy groups -OCH3 is 1. The predicted octanol–water partition coefficient (Wildman–Crippen LogP) is 0.129. The van der Waals surface area contributed by atoms with Gasteiger partial charge in [0.15, 0.2) is 5.82 Å². The fourth-order valence-corrected chi connectivity index (χ4v) is 2.82. The zero-order valence-electron chi connectivity index (χ0n) is 13.2. The maximum atomic E-state index is 5.17. The molecular formula is C14H20N8O. The second-order valence-electron chi connectivity index (χ2n) is 5.93. The first-order chi connectivity index (χ1) is 11.3. The summed E-state index contributed by atoms with van der Waals surface area (Å²) in [4.78, 5) is 13.3. The van der Waals surface area contributed by atoms with Crippen molar-refractivity contribution in [2.75, 3.05) is 38.2 Å². The third-order valence-corrected chi connectivity index (χ3v) is 4.30. The first kappa shape index (κ1) is 14.3. The molecule has 1 saturated heterocycles. The molecule has 0 N–H and O–H groups in total.